The lowest BCUT2D eigenvalue weighted by Gasteiger charge is -2.23. The Morgan fingerprint density at radius 1 is 1.59 bits per heavy atom. The van der Waals surface area contributed by atoms with Gasteiger partial charge in [0.15, 0.2) is 0 Å². The van der Waals surface area contributed by atoms with E-state index in [0.29, 0.717) is 6.10 Å². The molecule has 2 unspecified atom stereocenters. The Morgan fingerprint density at radius 3 is 3.00 bits per heavy atom. The van der Waals surface area contributed by atoms with Crippen LogP contribution in [0.2, 0.25) is 0 Å². The molecule has 1 aromatic rings. The molecule has 0 aromatic carbocycles. The Bertz CT molecular complexity index is 360. The summed E-state index contributed by atoms with van der Waals surface area (Å²) in [5, 5.41) is 0. The van der Waals surface area contributed by atoms with Crippen molar-refractivity contribution in [3.8, 4) is 0 Å². The third-order valence-electron chi connectivity index (χ3n) is 3.40. The molecule has 2 atom stereocenters. The lowest BCUT2D eigenvalue weighted by atomic mass is 9.98. The first-order valence-electron chi connectivity index (χ1n) is 6.30. The van der Waals surface area contributed by atoms with Gasteiger partial charge in [-0.2, -0.15) is 0 Å². The number of aryl methyl sites for hydroxylation is 1. The van der Waals surface area contributed by atoms with E-state index in [4.69, 9.17) is 10.5 Å². The molecular formula is C13H20BrNOS. The lowest BCUT2D eigenvalue weighted by Crippen LogP contribution is -2.21. The SMILES string of the molecule is Cc1sc(Br)cc1C(N)CCC1CCCCO1. The van der Waals surface area contributed by atoms with Crippen LogP contribution in [-0.4, -0.2) is 12.7 Å². The van der Waals surface area contributed by atoms with Crippen molar-refractivity contribution in [2.75, 3.05) is 6.61 Å². The number of rotatable bonds is 4. The Kier molecular flexibility index (Phi) is 5.03. The summed E-state index contributed by atoms with van der Waals surface area (Å²) in [7, 11) is 0. The topological polar surface area (TPSA) is 35.2 Å². The normalized spacial score (nSPS) is 22.6. The highest BCUT2D eigenvalue weighted by atomic mass is 79.9. The highest BCUT2D eigenvalue weighted by Gasteiger charge is 2.17. The molecule has 1 fully saturated rings. The number of halogens is 1. The first-order valence-corrected chi connectivity index (χ1v) is 7.91. The third kappa shape index (κ3) is 3.78. The van der Waals surface area contributed by atoms with E-state index in [9.17, 15) is 0 Å². The minimum atomic E-state index is 0.156. The van der Waals surface area contributed by atoms with Gasteiger partial charge in [0, 0.05) is 17.5 Å². The summed E-state index contributed by atoms with van der Waals surface area (Å²) in [4.78, 5) is 1.33. The average Bonchev–Trinajstić information content (AvgIpc) is 2.67. The van der Waals surface area contributed by atoms with Crippen LogP contribution in [0.5, 0.6) is 0 Å². The molecule has 0 spiro atoms. The molecule has 0 aliphatic carbocycles. The van der Waals surface area contributed by atoms with Gasteiger partial charge in [-0.3, -0.25) is 0 Å². The highest BCUT2D eigenvalue weighted by molar-refractivity contribution is 9.11. The van der Waals surface area contributed by atoms with Crippen LogP contribution in [0.4, 0.5) is 0 Å². The Balaban J connectivity index is 1.84. The molecule has 0 amide bonds. The predicted molar refractivity (Wildman–Crippen MR) is 76.5 cm³/mol. The number of ether oxygens (including phenoxy) is 1. The van der Waals surface area contributed by atoms with Gasteiger partial charge in [-0.1, -0.05) is 0 Å². The van der Waals surface area contributed by atoms with Gasteiger partial charge >= 0.3 is 0 Å². The highest BCUT2D eigenvalue weighted by Crippen LogP contribution is 2.32. The Labute approximate surface area is 116 Å². The van der Waals surface area contributed by atoms with E-state index in [1.807, 2.05) is 0 Å². The van der Waals surface area contributed by atoms with Crippen LogP contribution in [0.1, 0.15) is 48.6 Å². The maximum Gasteiger partial charge on any atom is 0.0704 e. The summed E-state index contributed by atoms with van der Waals surface area (Å²) in [6.45, 7) is 3.07. The van der Waals surface area contributed by atoms with Gasteiger partial charge in [0.1, 0.15) is 0 Å². The van der Waals surface area contributed by atoms with Crippen molar-refractivity contribution in [1.82, 2.24) is 0 Å². The van der Waals surface area contributed by atoms with Gasteiger partial charge < -0.3 is 10.5 Å². The van der Waals surface area contributed by atoms with Gasteiger partial charge in [0.25, 0.3) is 0 Å². The molecule has 2 rings (SSSR count). The largest absolute Gasteiger partial charge is 0.378 e. The molecule has 1 aliphatic rings. The third-order valence-corrected chi connectivity index (χ3v) is 4.97. The molecule has 96 valence electrons. The summed E-state index contributed by atoms with van der Waals surface area (Å²) in [5.41, 5.74) is 7.55. The maximum absolute atomic E-state index is 6.26. The van der Waals surface area contributed by atoms with Gasteiger partial charge in [0.05, 0.1) is 9.89 Å². The van der Waals surface area contributed by atoms with E-state index in [2.05, 4.69) is 28.9 Å². The van der Waals surface area contributed by atoms with Gasteiger partial charge in [-0.25, -0.2) is 0 Å². The van der Waals surface area contributed by atoms with Crippen LogP contribution in [0, 0.1) is 6.92 Å². The van der Waals surface area contributed by atoms with E-state index in [1.165, 1.54) is 33.5 Å². The second-order valence-electron chi connectivity index (χ2n) is 4.73. The van der Waals surface area contributed by atoms with Crippen LogP contribution in [-0.2, 0) is 4.74 Å². The molecule has 1 aromatic heterocycles. The van der Waals surface area contributed by atoms with Crippen molar-refractivity contribution in [3.63, 3.8) is 0 Å². The van der Waals surface area contributed by atoms with Crippen molar-refractivity contribution in [2.24, 2.45) is 5.73 Å². The van der Waals surface area contributed by atoms with Crippen molar-refractivity contribution in [2.45, 2.75) is 51.2 Å². The van der Waals surface area contributed by atoms with Gasteiger partial charge in [0.2, 0.25) is 0 Å². The Morgan fingerprint density at radius 2 is 2.41 bits per heavy atom. The summed E-state index contributed by atoms with van der Waals surface area (Å²) >= 11 is 5.28. The molecule has 4 heteroatoms. The van der Waals surface area contributed by atoms with Gasteiger partial charge in [-0.05, 0) is 66.6 Å². The maximum atomic E-state index is 6.26. The lowest BCUT2D eigenvalue weighted by molar-refractivity contribution is 0.00912. The smallest absolute Gasteiger partial charge is 0.0704 e. The fraction of sp³-hybridized carbons (Fsp3) is 0.692. The summed E-state index contributed by atoms with van der Waals surface area (Å²) in [6.07, 6.45) is 6.29. The van der Waals surface area contributed by atoms with Crippen LogP contribution in [0.15, 0.2) is 9.85 Å². The molecule has 2 nitrogen and oxygen atoms in total. The van der Waals surface area contributed by atoms with Crippen LogP contribution < -0.4 is 5.73 Å². The summed E-state index contributed by atoms with van der Waals surface area (Å²) in [6, 6.07) is 2.31. The molecule has 0 saturated carbocycles. The fourth-order valence-electron chi connectivity index (χ4n) is 2.38. The fourth-order valence-corrected chi connectivity index (χ4v) is 4.16. The minimum absolute atomic E-state index is 0.156. The molecule has 1 aliphatic heterocycles. The summed E-state index contributed by atoms with van der Waals surface area (Å²) < 4.78 is 6.91. The molecule has 1 saturated heterocycles. The van der Waals surface area contributed by atoms with Crippen molar-refractivity contribution in [1.29, 1.82) is 0 Å². The number of thiophene rings is 1. The first-order chi connectivity index (χ1) is 8.16. The second-order valence-corrected chi connectivity index (χ2v) is 7.37. The molecule has 2 heterocycles. The van der Waals surface area contributed by atoms with Gasteiger partial charge in [-0.15, -0.1) is 11.3 Å². The van der Waals surface area contributed by atoms with Crippen molar-refractivity contribution in [3.05, 3.63) is 20.3 Å². The van der Waals surface area contributed by atoms with Crippen molar-refractivity contribution < 1.29 is 4.74 Å². The molecule has 17 heavy (non-hydrogen) atoms. The quantitative estimate of drug-likeness (QED) is 0.904. The minimum Gasteiger partial charge on any atom is -0.378 e. The molecule has 0 bridgehead atoms. The van der Waals surface area contributed by atoms with Crippen molar-refractivity contribution >= 4 is 27.3 Å². The zero-order valence-corrected chi connectivity index (χ0v) is 12.6. The molecule has 2 N–H and O–H groups in total. The van der Waals surface area contributed by atoms with E-state index >= 15 is 0 Å². The average molecular weight is 318 g/mol. The monoisotopic (exact) mass is 317 g/mol. The predicted octanol–water partition coefficient (Wildman–Crippen LogP) is 4.17. The second kappa shape index (κ2) is 6.32. The number of nitrogens with two attached hydrogens (primary N) is 1. The summed E-state index contributed by atoms with van der Waals surface area (Å²) in [5.74, 6) is 0. The van der Waals surface area contributed by atoms with Crippen LogP contribution in [0.3, 0.4) is 0 Å². The zero-order chi connectivity index (χ0) is 12.3. The zero-order valence-electron chi connectivity index (χ0n) is 10.2. The van der Waals surface area contributed by atoms with Crippen LogP contribution >= 0.6 is 27.3 Å². The first kappa shape index (κ1) is 13.5. The Hall–Kier alpha value is 0.1000. The van der Waals surface area contributed by atoms with E-state index in [1.54, 1.807) is 11.3 Å². The standard InChI is InChI=1S/C13H20BrNOS/c1-9-11(8-13(14)17-9)12(15)6-5-10-4-2-3-7-16-10/h8,10,12H,2-7,15H2,1H3. The van der Waals surface area contributed by atoms with Crippen LogP contribution in [0.25, 0.3) is 0 Å². The van der Waals surface area contributed by atoms with E-state index < -0.39 is 0 Å². The van der Waals surface area contributed by atoms with E-state index in [0.717, 1.165) is 19.4 Å². The molecular weight excluding hydrogens is 298 g/mol. The molecule has 0 radical (unpaired) electrons. The van der Waals surface area contributed by atoms with E-state index in [-0.39, 0.29) is 6.04 Å². The number of hydrogen-bond donors (Lipinski definition) is 1. The number of hydrogen-bond acceptors (Lipinski definition) is 3.